The quantitative estimate of drug-likeness (QED) is 0.533. The summed E-state index contributed by atoms with van der Waals surface area (Å²) in [6, 6.07) is -0.996. The normalized spacial score (nSPS) is 22.3. The number of carboxylic acid groups (broad SMARTS) is 1. The van der Waals surface area contributed by atoms with Crippen molar-refractivity contribution in [2.75, 3.05) is 13.2 Å². The van der Waals surface area contributed by atoms with Crippen LogP contribution in [0.2, 0.25) is 0 Å². The average molecular weight is 297 g/mol. The fourth-order valence-corrected chi connectivity index (χ4v) is 2.87. The lowest BCUT2D eigenvalue weighted by atomic mass is 9.67. The Morgan fingerprint density at radius 3 is 2.76 bits per heavy atom. The van der Waals surface area contributed by atoms with Crippen molar-refractivity contribution in [3.63, 3.8) is 0 Å². The molecule has 0 heterocycles. The second kappa shape index (κ2) is 8.17. The van der Waals surface area contributed by atoms with Crippen LogP contribution in [0.5, 0.6) is 0 Å². The van der Waals surface area contributed by atoms with Crippen LogP contribution in [0.25, 0.3) is 0 Å². The fourth-order valence-electron chi connectivity index (χ4n) is 2.87. The molecule has 1 aliphatic carbocycles. The highest BCUT2D eigenvalue weighted by atomic mass is 16.5. The van der Waals surface area contributed by atoms with Crippen molar-refractivity contribution in [1.82, 2.24) is 5.32 Å². The number of carboxylic acids is 1. The Morgan fingerprint density at radius 1 is 1.48 bits per heavy atom. The van der Waals surface area contributed by atoms with Crippen LogP contribution < -0.4 is 5.32 Å². The molecule has 1 saturated carbocycles. The van der Waals surface area contributed by atoms with E-state index in [1.54, 1.807) is 6.08 Å². The van der Waals surface area contributed by atoms with Crippen LogP contribution in [0, 0.1) is 11.3 Å². The topological polar surface area (TPSA) is 75.6 Å². The van der Waals surface area contributed by atoms with Gasteiger partial charge in [-0.15, -0.1) is 6.58 Å². The number of amides is 1. The summed E-state index contributed by atoms with van der Waals surface area (Å²) in [7, 11) is 0. The summed E-state index contributed by atoms with van der Waals surface area (Å²) in [4.78, 5) is 23.2. The number of carbonyl (C=O) groups is 2. The number of carbonyl (C=O) groups excluding carboxylic acids is 1. The number of nitrogens with one attached hydrogen (secondary N) is 1. The largest absolute Gasteiger partial charge is 0.480 e. The second-order valence-electron chi connectivity index (χ2n) is 6.42. The van der Waals surface area contributed by atoms with Gasteiger partial charge in [-0.3, -0.25) is 4.79 Å². The van der Waals surface area contributed by atoms with E-state index in [9.17, 15) is 9.59 Å². The Kier molecular flexibility index (Phi) is 6.89. The van der Waals surface area contributed by atoms with Crippen LogP contribution in [0.4, 0.5) is 0 Å². The molecule has 0 aliphatic heterocycles. The Hall–Kier alpha value is -1.36. The molecule has 0 aromatic heterocycles. The van der Waals surface area contributed by atoms with Crippen molar-refractivity contribution in [3.05, 3.63) is 12.7 Å². The first-order chi connectivity index (χ1) is 9.86. The summed E-state index contributed by atoms with van der Waals surface area (Å²) in [5.41, 5.74) is 0.146. The number of hydrogen-bond acceptors (Lipinski definition) is 3. The molecule has 5 heteroatoms. The first-order valence-corrected chi connectivity index (χ1v) is 7.57. The molecule has 1 amide bonds. The van der Waals surface area contributed by atoms with E-state index in [1.165, 1.54) is 6.42 Å². The molecule has 1 rings (SSSR count). The van der Waals surface area contributed by atoms with Crippen molar-refractivity contribution < 1.29 is 19.4 Å². The van der Waals surface area contributed by atoms with Gasteiger partial charge < -0.3 is 15.2 Å². The third-order valence-electron chi connectivity index (χ3n) is 4.31. The van der Waals surface area contributed by atoms with Gasteiger partial charge in [-0.25, -0.2) is 4.79 Å². The van der Waals surface area contributed by atoms with Gasteiger partial charge in [-0.1, -0.05) is 32.8 Å². The Bertz CT molecular complexity index is 378. The van der Waals surface area contributed by atoms with Gasteiger partial charge in [0.2, 0.25) is 5.91 Å². The highest BCUT2D eigenvalue weighted by Gasteiger charge is 2.34. The van der Waals surface area contributed by atoms with Crippen LogP contribution in [-0.4, -0.2) is 36.2 Å². The van der Waals surface area contributed by atoms with E-state index in [4.69, 9.17) is 9.84 Å². The molecule has 0 aromatic rings. The van der Waals surface area contributed by atoms with Gasteiger partial charge in [0.15, 0.2) is 6.04 Å². The summed E-state index contributed by atoms with van der Waals surface area (Å²) in [5.74, 6) is -0.963. The zero-order valence-corrected chi connectivity index (χ0v) is 13.1. The van der Waals surface area contributed by atoms with Gasteiger partial charge >= 0.3 is 5.97 Å². The van der Waals surface area contributed by atoms with E-state index in [-0.39, 0.29) is 24.5 Å². The molecule has 5 nitrogen and oxygen atoms in total. The molecule has 120 valence electrons. The lowest BCUT2D eigenvalue weighted by Crippen LogP contribution is -2.45. The maximum atomic E-state index is 12.1. The third-order valence-corrected chi connectivity index (χ3v) is 4.31. The predicted octanol–water partition coefficient (Wildman–Crippen LogP) is 2.36. The number of rotatable bonds is 8. The van der Waals surface area contributed by atoms with Crippen molar-refractivity contribution in [2.45, 2.75) is 52.0 Å². The van der Waals surface area contributed by atoms with Crippen LogP contribution >= 0.6 is 0 Å². The summed E-state index contributed by atoms with van der Waals surface area (Å²) in [6.07, 6.45) is 6.44. The van der Waals surface area contributed by atoms with Gasteiger partial charge in [0, 0.05) is 6.42 Å². The highest BCUT2D eigenvalue weighted by molar-refractivity contribution is 5.83. The third kappa shape index (κ3) is 5.87. The predicted molar refractivity (Wildman–Crippen MR) is 80.9 cm³/mol. The standard InChI is InChI=1S/C16H27NO4/c1-4-9-21-11-13(15(19)20)17-14(18)10-12-7-5-6-8-16(12,2)3/h4,12-13H,1,5-11H2,2-3H3,(H,17,18)(H,19,20). The van der Waals surface area contributed by atoms with Gasteiger partial charge in [0.1, 0.15) is 0 Å². The van der Waals surface area contributed by atoms with Crippen molar-refractivity contribution in [1.29, 1.82) is 0 Å². The van der Waals surface area contributed by atoms with Crippen LogP contribution in [0.15, 0.2) is 12.7 Å². The first kappa shape index (κ1) is 17.7. The molecule has 21 heavy (non-hydrogen) atoms. The molecule has 0 spiro atoms. The first-order valence-electron chi connectivity index (χ1n) is 7.57. The monoisotopic (exact) mass is 297 g/mol. The Balaban J connectivity index is 2.49. The van der Waals surface area contributed by atoms with Gasteiger partial charge in [0.05, 0.1) is 13.2 Å². The maximum absolute atomic E-state index is 12.1. The molecular weight excluding hydrogens is 270 g/mol. The van der Waals surface area contributed by atoms with Crippen molar-refractivity contribution >= 4 is 11.9 Å². The Labute approximate surface area is 126 Å². The highest BCUT2D eigenvalue weighted by Crippen LogP contribution is 2.42. The molecule has 0 bridgehead atoms. The van der Waals surface area contributed by atoms with Gasteiger partial charge in [-0.2, -0.15) is 0 Å². The number of hydrogen-bond donors (Lipinski definition) is 2. The summed E-state index contributed by atoms with van der Waals surface area (Å²) in [5, 5.41) is 11.7. The van der Waals surface area contributed by atoms with Crippen LogP contribution in [0.1, 0.15) is 46.0 Å². The zero-order valence-electron chi connectivity index (χ0n) is 13.1. The molecule has 2 atom stereocenters. The smallest absolute Gasteiger partial charge is 0.328 e. The molecule has 0 saturated heterocycles. The number of aliphatic carboxylic acids is 1. The van der Waals surface area contributed by atoms with E-state index < -0.39 is 12.0 Å². The minimum Gasteiger partial charge on any atom is -0.480 e. The molecule has 0 radical (unpaired) electrons. The zero-order chi connectivity index (χ0) is 15.9. The molecule has 2 N–H and O–H groups in total. The lowest BCUT2D eigenvalue weighted by molar-refractivity contribution is -0.143. The maximum Gasteiger partial charge on any atom is 0.328 e. The summed E-state index contributed by atoms with van der Waals surface area (Å²) >= 11 is 0. The van der Waals surface area contributed by atoms with E-state index >= 15 is 0 Å². The molecule has 0 aromatic carbocycles. The fraction of sp³-hybridized carbons (Fsp3) is 0.750. The van der Waals surface area contributed by atoms with E-state index in [0.29, 0.717) is 12.3 Å². The molecular formula is C16H27NO4. The average Bonchev–Trinajstić information content (AvgIpc) is 2.40. The molecule has 1 fully saturated rings. The van der Waals surface area contributed by atoms with E-state index in [1.807, 2.05) is 0 Å². The second-order valence-corrected chi connectivity index (χ2v) is 6.42. The van der Waals surface area contributed by atoms with E-state index in [0.717, 1.165) is 19.3 Å². The lowest BCUT2D eigenvalue weighted by Gasteiger charge is -2.38. The molecule has 1 aliphatic rings. The Morgan fingerprint density at radius 2 is 2.19 bits per heavy atom. The summed E-state index contributed by atoms with van der Waals surface area (Å²) in [6.45, 7) is 8.10. The van der Waals surface area contributed by atoms with Gasteiger partial charge in [-0.05, 0) is 24.2 Å². The van der Waals surface area contributed by atoms with Crippen molar-refractivity contribution in [3.8, 4) is 0 Å². The van der Waals surface area contributed by atoms with E-state index in [2.05, 4.69) is 25.7 Å². The van der Waals surface area contributed by atoms with Crippen LogP contribution in [-0.2, 0) is 14.3 Å². The van der Waals surface area contributed by atoms with Gasteiger partial charge in [0.25, 0.3) is 0 Å². The minimum absolute atomic E-state index is 0.0405. The summed E-state index contributed by atoms with van der Waals surface area (Å²) < 4.78 is 5.12. The number of ether oxygens (including phenoxy) is 1. The minimum atomic E-state index is -1.07. The van der Waals surface area contributed by atoms with Crippen LogP contribution in [0.3, 0.4) is 0 Å². The SMILES string of the molecule is C=CCOCC(NC(=O)CC1CCCCC1(C)C)C(=O)O. The molecule has 2 unspecified atom stereocenters. The van der Waals surface area contributed by atoms with Crippen molar-refractivity contribution in [2.24, 2.45) is 11.3 Å².